The van der Waals surface area contributed by atoms with Crippen LogP contribution in [0, 0.1) is 5.92 Å². The Morgan fingerprint density at radius 1 is 1.15 bits per heavy atom. The molecule has 148 valence electrons. The lowest BCUT2D eigenvalue weighted by molar-refractivity contribution is -0.132. The van der Waals surface area contributed by atoms with E-state index in [0.717, 1.165) is 69.8 Å². The molecule has 0 spiro atoms. The highest BCUT2D eigenvalue weighted by Crippen LogP contribution is 2.19. The van der Waals surface area contributed by atoms with Crippen molar-refractivity contribution in [3.8, 4) is 0 Å². The summed E-state index contributed by atoms with van der Waals surface area (Å²) in [5, 5.41) is 6.35. The van der Waals surface area contributed by atoms with Gasteiger partial charge < -0.3 is 20.4 Å². The number of hydrogen-bond acceptors (Lipinski definition) is 4. The van der Waals surface area contributed by atoms with E-state index in [0.29, 0.717) is 18.8 Å². The maximum absolute atomic E-state index is 12.5. The van der Waals surface area contributed by atoms with Gasteiger partial charge in [-0.25, -0.2) is 0 Å². The highest BCUT2D eigenvalue weighted by molar-refractivity contribution is 5.91. The largest absolute Gasteiger partial charge is 0.340 e. The predicted molar refractivity (Wildman–Crippen MR) is 108 cm³/mol. The summed E-state index contributed by atoms with van der Waals surface area (Å²) in [5.74, 6) is 0.887. The third kappa shape index (κ3) is 6.33. The van der Waals surface area contributed by atoms with Crippen LogP contribution in [-0.2, 0) is 16.0 Å². The molecule has 0 aliphatic carbocycles. The monoisotopic (exact) mass is 372 g/mol. The fourth-order valence-corrected chi connectivity index (χ4v) is 3.83. The number of nitrogens with one attached hydrogen (secondary N) is 2. The second kappa shape index (κ2) is 9.85. The number of rotatable bonds is 6. The first-order valence-corrected chi connectivity index (χ1v) is 10.2. The Kier molecular flexibility index (Phi) is 7.24. The van der Waals surface area contributed by atoms with Crippen LogP contribution in [0.25, 0.3) is 0 Å². The Morgan fingerprint density at radius 2 is 1.89 bits per heavy atom. The number of carbonyl (C=O) groups excluding carboxylic acids is 2. The van der Waals surface area contributed by atoms with E-state index in [1.807, 2.05) is 29.2 Å². The molecule has 6 nitrogen and oxygen atoms in total. The van der Waals surface area contributed by atoms with Crippen LogP contribution in [0.15, 0.2) is 24.3 Å². The lowest BCUT2D eigenvalue weighted by Gasteiger charge is -2.32. The maximum Gasteiger partial charge on any atom is 0.227 e. The Hall–Kier alpha value is -1.92. The molecule has 0 saturated carbocycles. The van der Waals surface area contributed by atoms with Crippen LogP contribution >= 0.6 is 0 Å². The van der Waals surface area contributed by atoms with Crippen LogP contribution in [0.5, 0.6) is 0 Å². The second-order valence-electron chi connectivity index (χ2n) is 7.84. The van der Waals surface area contributed by atoms with Gasteiger partial charge in [0.05, 0.1) is 6.42 Å². The average Bonchev–Trinajstić information content (AvgIpc) is 2.68. The van der Waals surface area contributed by atoms with Crippen LogP contribution < -0.4 is 10.6 Å². The Labute approximate surface area is 162 Å². The number of piperazine rings is 1. The van der Waals surface area contributed by atoms with E-state index >= 15 is 0 Å². The second-order valence-corrected chi connectivity index (χ2v) is 7.84. The highest BCUT2D eigenvalue weighted by Gasteiger charge is 2.19. The summed E-state index contributed by atoms with van der Waals surface area (Å²) >= 11 is 0. The number of likely N-dealkylation sites (N-methyl/N-ethyl adjacent to an activating group) is 1. The van der Waals surface area contributed by atoms with E-state index in [1.165, 1.54) is 0 Å². The molecule has 3 rings (SSSR count). The third-order valence-corrected chi connectivity index (χ3v) is 5.66. The van der Waals surface area contributed by atoms with E-state index in [9.17, 15) is 9.59 Å². The molecule has 27 heavy (non-hydrogen) atoms. The van der Waals surface area contributed by atoms with Crippen molar-refractivity contribution in [2.45, 2.75) is 32.1 Å². The van der Waals surface area contributed by atoms with Gasteiger partial charge in [0, 0.05) is 38.3 Å². The first-order valence-electron chi connectivity index (χ1n) is 10.2. The van der Waals surface area contributed by atoms with Crippen molar-refractivity contribution in [2.75, 3.05) is 51.6 Å². The molecule has 0 atom stereocenters. The Balaban J connectivity index is 1.46. The molecular weight excluding hydrogens is 340 g/mol. The summed E-state index contributed by atoms with van der Waals surface area (Å²) < 4.78 is 0. The topological polar surface area (TPSA) is 64.7 Å². The molecule has 6 heteroatoms. The first kappa shape index (κ1) is 19.8. The quantitative estimate of drug-likeness (QED) is 0.798. The zero-order chi connectivity index (χ0) is 19.1. The van der Waals surface area contributed by atoms with E-state index in [-0.39, 0.29) is 11.8 Å². The van der Waals surface area contributed by atoms with Gasteiger partial charge in [0.25, 0.3) is 0 Å². The number of carbonyl (C=O) groups is 2. The van der Waals surface area contributed by atoms with Gasteiger partial charge >= 0.3 is 0 Å². The normalized spacial score (nSPS) is 19.1. The molecule has 2 amide bonds. The van der Waals surface area contributed by atoms with E-state index in [2.05, 4.69) is 22.6 Å². The maximum atomic E-state index is 12.5. The van der Waals surface area contributed by atoms with Crippen molar-refractivity contribution in [1.82, 2.24) is 15.1 Å². The van der Waals surface area contributed by atoms with Gasteiger partial charge in [-0.15, -0.1) is 0 Å². The zero-order valence-electron chi connectivity index (χ0n) is 16.4. The first-order chi connectivity index (χ1) is 13.1. The molecule has 0 bridgehead atoms. The van der Waals surface area contributed by atoms with E-state index in [1.54, 1.807) is 0 Å². The molecule has 0 unspecified atom stereocenters. The number of benzene rings is 1. The fraction of sp³-hybridized carbons (Fsp3) is 0.619. The van der Waals surface area contributed by atoms with Crippen LogP contribution in [0.3, 0.4) is 0 Å². The van der Waals surface area contributed by atoms with Crippen molar-refractivity contribution < 1.29 is 9.59 Å². The van der Waals surface area contributed by atoms with Gasteiger partial charge in [-0.05, 0) is 63.0 Å². The smallest absolute Gasteiger partial charge is 0.227 e. The van der Waals surface area contributed by atoms with Crippen molar-refractivity contribution in [3.63, 3.8) is 0 Å². The van der Waals surface area contributed by atoms with Crippen LogP contribution in [0.1, 0.15) is 31.2 Å². The van der Waals surface area contributed by atoms with E-state index < -0.39 is 0 Å². The molecule has 2 saturated heterocycles. The summed E-state index contributed by atoms with van der Waals surface area (Å²) in [6, 6.07) is 7.69. The van der Waals surface area contributed by atoms with Gasteiger partial charge in [-0.1, -0.05) is 12.1 Å². The molecule has 0 radical (unpaired) electrons. The summed E-state index contributed by atoms with van der Waals surface area (Å²) in [6.07, 6.45) is 4.24. The Bertz CT molecular complexity index is 635. The van der Waals surface area contributed by atoms with E-state index in [4.69, 9.17) is 0 Å². The standard InChI is InChI=1S/C21H32N4O2/c1-24-11-13-25(14-12-24)21(27)16-18-3-2-4-19(15-18)23-20(26)6-5-17-7-9-22-10-8-17/h2-4,15,17,22H,5-14,16H2,1H3,(H,23,26). The van der Waals surface area contributed by atoms with Crippen LogP contribution in [0.2, 0.25) is 0 Å². The van der Waals surface area contributed by atoms with Gasteiger partial charge in [0.15, 0.2) is 0 Å². The molecule has 2 aliphatic rings. The molecule has 2 fully saturated rings. The van der Waals surface area contributed by atoms with Crippen molar-refractivity contribution in [2.24, 2.45) is 5.92 Å². The minimum atomic E-state index is 0.0658. The minimum absolute atomic E-state index is 0.0658. The molecule has 2 N–H and O–H groups in total. The van der Waals surface area contributed by atoms with Gasteiger partial charge in [-0.2, -0.15) is 0 Å². The van der Waals surface area contributed by atoms with Crippen molar-refractivity contribution in [3.05, 3.63) is 29.8 Å². The summed E-state index contributed by atoms with van der Waals surface area (Å²) in [4.78, 5) is 28.9. The van der Waals surface area contributed by atoms with Gasteiger partial charge in [0.1, 0.15) is 0 Å². The highest BCUT2D eigenvalue weighted by atomic mass is 16.2. The van der Waals surface area contributed by atoms with Crippen LogP contribution in [-0.4, -0.2) is 67.9 Å². The van der Waals surface area contributed by atoms with Crippen molar-refractivity contribution in [1.29, 1.82) is 0 Å². The lowest BCUT2D eigenvalue weighted by Crippen LogP contribution is -2.47. The molecule has 0 aromatic heterocycles. The Morgan fingerprint density at radius 3 is 2.63 bits per heavy atom. The third-order valence-electron chi connectivity index (χ3n) is 5.66. The predicted octanol–water partition coefficient (Wildman–Crippen LogP) is 1.72. The number of anilines is 1. The van der Waals surface area contributed by atoms with Crippen molar-refractivity contribution >= 4 is 17.5 Å². The van der Waals surface area contributed by atoms with Gasteiger partial charge in [-0.3, -0.25) is 9.59 Å². The molecule has 2 heterocycles. The molecule has 1 aromatic carbocycles. The number of piperidine rings is 1. The molecule has 2 aliphatic heterocycles. The molecular formula is C21H32N4O2. The molecule has 1 aromatic rings. The minimum Gasteiger partial charge on any atom is -0.340 e. The summed E-state index contributed by atoms with van der Waals surface area (Å²) in [7, 11) is 2.08. The zero-order valence-corrected chi connectivity index (χ0v) is 16.4. The van der Waals surface area contributed by atoms with Gasteiger partial charge in [0.2, 0.25) is 11.8 Å². The SMILES string of the molecule is CN1CCN(C(=O)Cc2cccc(NC(=O)CCC3CCNCC3)c2)CC1. The summed E-state index contributed by atoms with van der Waals surface area (Å²) in [6.45, 7) is 5.58. The summed E-state index contributed by atoms with van der Waals surface area (Å²) in [5.41, 5.74) is 1.74. The fourth-order valence-electron chi connectivity index (χ4n) is 3.83. The lowest BCUT2D eigenvalue weighted by atomic mass is 9.93. The van der Waals surface area contributed by atoms with Crippen LogP contribution in [0.4, 0.5) is 5.69 Å². The number of nitrogens with zero attached hydrogens (tertiary/aromatic N) is 2. The number of amides is 2. The average molecular weight is 373 g/mol. The number of hydrogen-bond donors (Lipinski definition) is 2.